The van der Waals surface area contributed by atoms with Gasteiger partial charge in [-0.15, -0.1) is 0 Å². The zero-order valence-corrected chi connectivity index (χ0v) is 12.2. The Labute approximate surface area is 116 Å². The molecule has 2 unspecified atom stereocenters. The molecule has 2 nitrogen and oxygen atoms in total. The van der Waals surface area contributed by atoms with Crippen LogP contribution in [0.4, 0.5) is 4.39 Å². The Balaban J connectivity index is 2.30. The molecular weight excluding hydrogens is 239 g/mol. The van der Waals surface area contributed by atoms with E-state index < -0.39 is 0 Å². The van der Waals surface area contributed by atoms with Crippen molar-refractivity contribution in [1.82, 2.24) is 10.2 Å². The highest BCUT2D eigenvalue weighted by Crippen LogP contribution is 2.36. The third-order valence-electron chi connectivity index (χ3n) is 4.26. The van der Waals surface area contributed by atoms with Gasteiger partial charge in [0, 0.05) is 6.04 Å². The lowest BCUT2D eigenvalue weighted by Gasteiger charge is -2.41. The first-order valence-electron chi connectivity index (χ1n) is 7.32. The number of nitrogens with one attached hydrogen (secondary N) is 1. The topological polar surface area (TPSA) is 15.3 Å². The highest BCUT2D eigenvalue weighted by Gasteiger charge is 2.31. The van der Waals surface area contributed by atoms with Crippen molar-refractivity contribution in [3.8, 4) is 0 Å². The van der Waals surface area contributed by atoms with Crippen LogP contribution in [0.15, 0.2) is 18.2 Å². The minimum absolute atomic E-state index is 0.104. The van der Waals surface area contributed by atoms with Crippen molar-refractivity contribution in [3.63, 3.8) is 0 Å². The maximum absolute atomic E-state index is 13.5. The number of likely N-dealkylation sites (tertiary alicyclic amines) is 1. The van der Waals surface area contributed by atoms with E-state index in [1.54, 1.807) is 6.07 Å². The monoisotopic (exact) mass is 264 g/mol. The molecule has 1 aromatic carbocycles. The first kappa shape index (κ1) is 14.5. The van der Waals surface area contributed by atoms with Crippen molar-refractivity contribution in [2.75, 3.05) is 26.7 Å². The summed E-state index contributed by atoms with van der Waals surface area (Å²) in [6, 6.07) is 6.02. The molecule has 3 heteroatoms. The Morgan fingerprint density at radius 2 is 2.21 bits per heavy atom. The zero-order valence-electron chi connectivity index (χ0n) is 12.2. The molecule has 0 amide bonds. The number of rotatable bonds is 4. The van der Waals surface area contributed by atoms with E-state index in [9.17, 15) is 4.39 Å². The first-order chi connectivity index (χ1) is 9.17. The van der Waals surface area contributed by atoms with Gasteiger partial charge in [0.2, 0.25) is 0 Å². The summed E-state index contributed by atoms with van der Waals surface area (Å²) in [4.78, 5) is 2.53. The number of piperidine rings is 1. The molecule has 0 aliphatic carbocycles. The van der Waals surface area contributed by atoms with Crippen LogP contribution < -0.4 is 5.32 Å². The van der Waals surface area contributed by atoms with Gasteiger partial charge in [-0.05, 0) is 69.6 Å². The SMILES string of the molecule is CCN1CCCC(CNC)C1c1ccc(F)c(C)c1. The molecule has 0 radical (unpaired) electrons. The van der Waals surface area contributed by atoms with E-state index in [0.717, 1.165) is 25.2 Å². The largest absolute Gasteiger partial charge is 0.319 e. The van der Waals surface area contributed by atoms with E-state index >= 15 is 0 Å². The Kier molecular flexibility index (Phi) is 4.94. The number of hydrogen-bond donors (Lipinski definition) is 1. The van der Waals surface area contributed by atoms with Gasteiger partial charge in [0.05, 0.1) is 0 Å². The molecule has 0 spiro atoms. The van der Waals surface area contributed by atoms with E-state index in [0.29, 0.717) is 12.0 Å². The van der Waals surface area contributed by atoms with E-state index in [4.69, 9.17) is 0 Å². The number of nitrogens with zero attached hydrogens (tertiary/aromatic N) is 1. The van der Waals surface area contributed by atoms with Crippen LogP contribution in [0, 0.1) is 18.7 Å². The summed E-state index contributed by atoms with van der Waals surface area (Å²) >= 11 is 0. The first-order valence-corrected chi connectivity index (χ1v) is 7.32. The van der Waals surface area contributed by atoms with Crippen LogP contribution in [0.1, 0.15) is 36.9 Å². The Morgan fingerprint density at radius 1 is 1.42 bits per heavy atom. The van der Waals surface area contributed by atoms with Crippen LogP contribution >= 0.6 is 0 Å². The van der Waals surface area contributed by atoms with E-state index in [-0.39, 0.29) is 5.82 Å². The van der Waals surface area contributed by atoms with E-state index in [1.165, 1.54) is 18.4 Å². The predicted octanol–water partition coefficient (Wildman–Crippen LogP) is 3.13. The summed E-state index contributed by atoms with van der Waals surface area (Å²) in [5.74, 6) is 0.510. The maximum atomic E-state index is 13.5. The third-order valence-corrected chi connectivity index (χ3v) is 4.26. The van der Waals surface area contributed by atoms with Crippen LogP contribution in [0.25, 0.3) is 0 Å². The molecular formula is C16H25FN2. The van der Waals surface area contributed by atoms with Crippen LogP contribution in [-0.4, -0.2) is 31.6 Å². The summed E-state index contributed by atoms with van der Waals surface area (Å²) in [7, 11) is 2.01. The highest BCUT2D eigenvalue weighted by molar-refractivity contribution is 5.27. The molecule has 19 heavy (non-hydrogen) atoms. The second-order valence-electron chi connectivity index (χ2n) is 5.54. The van der Waals surface area contributed by atoms with Crippen LogP contribution in [0.2, 0.25) is 0 Å². The molecule has 0 bridgehead atoms. The van der Waals surface area contributed by atoms with Gasteiger partial charge in [-0.3, -0.25) is 4.90 Å². The molecule has 1 saturated heterocycles. The van der Waals surface area contributed by atoms with Gasteiger partial charge in [-0.1, -0.05) is 19.1 Å². The summed E-state index contributed by atoms with van der Waals surface area (Å²) < 4.78 is 13.5. The molecule has 1 aromatic rings. The average Bonchev–Trinajstić information content (AvgIpc) is 2.42. The summed E-state index contributed by atoms with van der Waals surface area (Å²) in [5, 5.41) is 3.31. The third kappa shape index (κ3) is 3.15. The standard InChI is InChI=1S/C16H25FN2/c1-4-19-9-5-6-14(11-18-3)16(19)13-7-8-15(17)12(2)10-13/h7-8,10,14,16,18H,4-6,9,11H2,1-3H3. The minimum Gasteiger partial charge on any atom is -0.319 e. The quantitative estimate of drug-likeness (QED) is 0.899. The molecule has 106 valence electrons. The molecule has 0 saturated carbocycles. The lowest BCUT2D eigenvalue weighted by Crippen LogP contribution is -2.42. The minimum atomic E-state index is -0.104. The average molecular weight is 264 g/mol. The molecule has 1 heterocycles. The Bertz CT molecular complexity index is 417. The molecule has 1 aliphatic rings. The van der Waals surface area contributed by atoms with E-state index in [2.05, 4.69) is 17.1 Å². The lowest BCUT2D eigenvalue weighted by atomic mass is 9.84. The Hall–Kier alpha value is -0.930. The number of halogens is 1. The molecule has 1 aliphatic heterocycles. The summed E-state index contributed by atoms with van der Waals surface area (Å²) in [6.45, 7) is 7.30. The van der Waals surface area contributed by atoms with Crippen molar-refractivity contribution in [2.24, 2.45) is 5.92 Å². The second-order valence-corrected chi connectivity index (χ2v) is 5.54. The van der Waals surface area contributed by atoms with Crippen molar-refractivity contribution in [3.05, 3.63) is 35.1 Å². The molecule has 2 rings (SSSR count). The molecule has 1 N–H and O–H groups in total. The van der Waals surface area contributed by atoms with Crippen LogP contribution in [-0.2, 0) is 0 Å². The van der Waals surface area contributed by atoms with Gasteiger partial charge in [0.15, 0.2) is 0 Å². The predicted molar refractivity (Wildman–Crippen MR) is 77.8 cm³/mol. The van der Waals surface area contributed by atoms with Gasteiger partial charge < -0.3 is 5.32 Å². The molecule has 1 fully saturated rings. The smallest absolute Gasteiger partial charge is 0.126 e. The Morgan fingerprint density at radius 3 is 2.84 bits per heavy atom. The van der Waals surface area contributed by atoms with Crippen molar-refractivity contribution < 1.29 is 4.39 Å². The van der Waals surface area contributed by atoms with Crippen molar-refractivity contribution in [1.29, 1.82) is 0 Å². The lowest BCUT2D eigenvalue weighted by molar-refractivity contribution is 0.0981. The van der Waals surface area contributed by atoms with Crippen molar-refractivity contribution >= 4 is 0 Å². The van der Waals surface area contributed by atoms with E-state index in [1.807, 2.05) is 26.1 Å². The number of hydrogen-bond acceptors (Lipinski definition) is 2. The fourth-order valence-electron chi connectivity index (χ4n) is 3.32. The fourth-order valence-corrected chi connectivity index (χ4v) is 3.32. The van der Waals surface area contributed by atoms with Gasteiger partial charge in [0.1, 0.15) is 5.82 Å². The molecule has 0 aromatic heterocycles. The summed E-state index contributed by atoms with van der Waals surface area (Å²) in [6.07, 6.45) is 2.51. The van der Waals surface area contributed by atoms with Crippen molar-refractivity contribution in [2.45, 2.75) is 32.7 Å². The fraction of sp³-hybridized carbons (Fsp3) is 0.625. The van der Waals surface area contributed by atoms with Gasteiger partial charge in [0.25, 0.3) is 0 Å². The van der Waals surface area contributed by atoms with Gasteiger partial charge >= 0.3 is 0 Å². The number of aryl methyl sites for hydroxylation is 1. The second kappa shape index (κ2) is 6.49. The summed E-state index contributed by atoms with van der Waals surface area (Å²) in [5.41, 5.74) is 2.02. The van der Waals surface area contributed by atoms with Gasteiger partial charge in [-0.25, -0.2) is 4.39 Å². The van der Waals surface area contributed by atoms with Gasteiger partial charge in [-0.2, -0.15) is 0 Å². The highest BCUT2D eigenvalue weighted by atomic mass is 19.1. The van der Waals surface area contributed by atoms with Crippen LogP contribution in [0.5, 0.6) is 0 Å². The number of benzene rings is 1. The maximum Gasteiger partial charge on any atom is 0.126 e. The zero-order chi connectivity index (χ0) is 13.8. The van der Waals surface area contributed by atoms with Crippen LogP contribution in [0.3, 0.4) is 0 Å². The normalized spacial score (nSPS) is 24.6. The molecule has 2 atom stereocenters.